The van der Waals surface area contributed by atoms with Crippen molar-refractivity contribution in [3.63, 3.8) is 0 Å². The van der Waals surface area contributed by atoms with E-state index in [0.29, 0.717) is 0 Å². The van der Waals surface area contributed by atoms with Crippen molar-refractivity contribution < 1.29 is 9.53 Å². The smallest absolute Gasteiger partial charge is 0.246 e. The Morgan fingerprint density at radius 1 is 1.33 bits per heavy atom. The van der Waals surface area contributed by atoms with E-state index in [9.17, 15) is 4.79 Å². The zero-order valence-corrected chi connectivity index (χ0v) is 8.81. The molecule has 2 atom stereocenters. The fraction of sp³-hybridized carbons (Fsp3) is 0.364. The summed E-state index contributed by atoms with van der Waals surface area (Å²) >= 11 is 0. The van der Waals surface area contributed by atoms with Crippen molar-refractivity contribution in [2.45, 2.75) is 19.0 Å². The second kappa shape index (κ2) is 3.55. The van der Waals surface area contributed by atoms with E-state index in [1.165, 1.54) is 0 Å². The molecule has 1 aromatic carbocycles. The summed E-state index contributed by atoms with van der Waals surface area (Å²) in [5.41, 5.74) is 6.50. The molecule has 1 aliphatic heterocycles. The molecule has 2 unspecified atom stereocenters. The van der Waals surface area contributed by atoms with Crippen molar-refractivity contribution in [3.8, 4) is 5.75 Å². The Labute approximate surface area is 88.6 Å². The molecule has 4 heteroatoms. The molecular formula is C11H14N2O2. The Balaban J connectivity index is 2.20. The molecule has 4 nitrogen and oxygen atoms in total. The average molecular weight is 206 g/mol. The van der Waals surface area contributed by atoms with E-state index in [2.05, 4.69) is 0 Å². The van der Waals surface area contributed by atoms with Gasteiger partial charge < -0.3 is 15.4 Å². The maximum absolute atomic E-state index is 11.5. The van der Waals surface area contributed by atoms with Crippen LogP contribution in [-0.2, 0) is 4.79 Å². The van der Waals surface area contributed by atoms with E-state index in [-0.39, 0.29) is 18.0 Å². The summed E-state index contributed by atoms with van der Waals surface area (Å²) in [6.45, 7) is 1.94. The van der Waals surface area contributed by atoms with Gasteiger partial charge in [0.05, 0.1) is 13.2 Å². The quantitative estimate of drug-likeness (QED) is 0.727. The number of nitrogens with two attached hydrogens (primary N) is 1. The number of β-lactam (4-membered cyclic amide) rings is 1. The summed E-state index contributed by atoms with van der Waals surface area (Å²) in [6, 6.07) is 7.11. The lowest BCUT2D eigenvalue weighted by molar-refractivity contribution is -0.125. The van der Waals surface area contributed by atoms with Crippen molar-refractivity contribution in [1.29, 1.82) is 0 Å². The van der Waals surface area contributed by atoms with Crippen LogP contribution in [0.1, 0.15) is 6.92 Å². The highest BCUT2D eigenvalue weighted by Crippen LogP contribution is 2.28. The van der Waals surface area contributed by atoms with Crippen molar-refractivity contribution >= 4 is 11.6 Å². The van der Waals surface area contributed by atoms with Crippen LogP contribution in [0.4, 0.5) is 5.69 Å². The summed E-state index contributed by atoms with van der Waals surface area (Å²) in [4.78, 5) is 13.2. The molecule has 0 spiro atoms. The molecule has 1 fully saturated rings. The van der Waals surface area contributed by atoms with Crippen molar-refractivity contribution in [2.24, 2.45) is 5.73 Å². The van der Waals surface area contributed by atoms with E-state index in [1.54, 1.807) is 12.0 Å². The predicted molar refractivity (Wildman–Crippen MR) is 57.9 cm³/mol. The number of methoxy groups -OCH3 is 1. The highest BCUT2D eigenvalue weighted by molar-refractivity contribution is 6.05. The van der Waals surface area contributed by atoms with Gasteiger partial charge in [0, 0.05) is 5.69 Å². The normalized spacial score (nSPS) is 25.0. The van der Waals surface area contributed by atoms with Crippen molar-refractivity contribution in [3.05, 3.63) is 24.3 Å². The Bertz CT molecular complexity index is 375. The van der Waals surface area contributed by atoms with E-state index in [1.807, 2.05) is 31.2 Å². The molecule has 2 rings (SSSR count). The highest BCUT2D eigenvalue weighted by atomic mass is 16.5. The van der Waals surface area contributed by atoms with Gasteiger partial charge in [-0.2, -0.15) is 0 Å². The third kappa shape index (κ3) is 1.47. The van der Waals surface area contributed by atoms with Gasteiger partial charge in [-0.05, 0) is 31.2 Å². The van der Waals surface area contributed by atoms with E-state index < -0.39 is 0 Å². The molecule has 0 aromatic heterocycles. The number of rotatable bonds is 2. The SMILES string of the molecule is COc1ccc(N2C(=O)C(N)C2C)cc1. The fourth-order valence-corrected chi connectivity index (χ4v) is 1.75. The van der Waals surface area contributed by atoms with Crippen molar-refractivity contribution in [1.82, 2.24) is 0 Å². The molecule has 15 heavy (non-hydrogen) atoms. The highest BCUT2D eigenvalue weighted by Gasteiger charge is 2.42. The van der Waals surface area contributed by atoms with Crippen LogP contribution in [0.3, 0.4) is 0 Å². The number of carbonyl (C=O) groups is 1. The zero-order valence-electron chi connectivity index (χ0n) is 8.81. The summed E-state index contributed by atoms with van der Waals surface area (Å²) in [7, 11) is 1.61. The maximum Gasteiger partial charge on any atom is 0.246 e. The molecule has 0 saturated carbocycles. The molecule has 0 radical (unpaired) electrons. The molecule has 2 N–H and O–H groups in total. The lowest BCUT2D eigenvalue weighted by Gasteiger charge is -2.43. The van der Waals surface area contributed by atoms with Gasteiger partial charge in [0.15, 0.2) is 0 Å². The van der Waals surface area contributed by atoms with Crippen LogP contribution in [0.25, 0.3) is 0 Å². The molecule has 0 aliphatic carbocycles. The van der Waals surface area contributed by atoms with E-state index in [0.717, 1.165) is 11.4 Å². The number of benzene rings is 1. The number of nitrogens with zero attached hydrogens (tertiary/aromatic N) is 1. The standard InChI is InChI=1S/C11H14N2O2/c1-7-10(12)11(14)13(7)8-3-5-9(15-2)6-4-8/h3-7,10H,12H2,1-2H3. The number of ether oxygens (including phenoxy) is 1. The Hall–Kier alpha value is -1.55. The Kier molecular flexibility index (Phi) is 2.36. The first-order chi connectivity index (χ1) is 7.15. The van der Waals surface area contributed by atoms with Crippen LogP contribution in [0, 0.1) is 0 Å². The molecular weight excluding hydrogens is 192 g/mol. The second-order valence-electron chi connectivity index (χ2n) is 3.67. The van der Waals surface area contributed by atoms with Crippen LogP contribution in [0.2, 0.25) is 0 Å². The van der Waals surface area contributed by atoms with Crippen LogP contribution in [0.5, 0.6) is 5.75 Å². The van der Waals surface area contributed by atoms with Gasteiger partial charge in [0.1, 0.15) is 11.8 Å². The molecule has 1 amide bonds. The van der Waals surface area contributed by atoms with Crippen LogP contribution >= 0.6 is 0 Å². The predicted octanol–water partition coefficient (Wildman–Crippen LogP) is 0.758. The van der Waals surface area contributed by atoms with Gasteiger partial charge >= 0.3 is 0 Å². The zero-order chi connectivity index (χ0) is 11.0. The summed E-state index contributed by atoms with van der Waals surface area (Å²) in [6.07, 6.45) is 0. The first-order valence-electron chi connectivity index (χ1n) is 4.88. The van der Waals surface area contributed by atoms with E-state index >= 15 is 0 Å². The van der Waals surface area contributed by atoms with Crippen LogP contribution in [0.15, 0.2) is 24.3 Å². The number of carbonyl (C=O) groups excluding carboxylic acids is 1. The van der Waals surface area contributed by atoms with Gasteiger partial charge in [0.25, 0.3) is 0 Å². The van der Waals surface area contributed by atoms with Crippen LogP contribution in [-0.4, -0.2) is 25.1 Å². The van der Waals surface area contributed by atoms with Gasteiger partial charge in [-0.25, -0.2) is 0 Å². The average Bonchev–Trinajstić information content (AvgIpc) is 2.30. The minimum atomic E-state index is -0.355. The monoisotopic (exact) mass is 206 g/mol. The lowest BCUT2D eigenvalue weighted by atomic mass is 9.97. The Morgan fingerprint density at radius 2 is 1.93 bits per heavy atom. The lowest BCUT2D eigenvalue weighted by Crippen LogP contribution is -2.67. The number of hydrogen-bond acceptors (Lipinski definition) is 3. The second-order valence-corrected chi connectivity index (χ2v) is 3.67. The van der Waals surface area contributed by atoms with Gasteiger partial charge in [-0.3, -0.25) is 4.79 Å². The number of hydrogen-bond donors (Lipinski definition) is 1. The Morgan fingerprint density at radius 3 is 2.40 bits per heavy atom. The van der Waals surface area contributed by atoms with Gasteiger partial charge in [0.2, 0.25) is 5.91 Å². The van der Waals surface area contributed by atoms with Gasteiger partial charge in [-0.15, -0.1) is 0 Å². The maximum atomic E-state index is 11.5. The summed E-state index contributed by atoms with van der Waals surface area (Å²) < 4.78 is 5.05. The minimum absolute atomic E-state index is 0.0207. The fourth-order valence-electron chi connectivity index (χ4n) is 1.75. The largest absolute Gasteiger partial charge is 0.497 e. The first kappa shape index (κ1) is 9.98. The summed E-state index contributed by atoms with van der Waals surface area (Å²) in [5.74, 6) is 0.761. The molecule has 80 valence electrons. The molecule has 1 heterocycles. The molecule has 1 aliphatic rings. The first-order valence-corrected chi connectivity index (χ1v) is 4.88. The van der Waals surface area contributed by atoms with Gasteiger partial charge in [-0.1, -0.05) is 0 Å². The molecule has 1 aromatic rings. The third-order valence-corrected chi connectivity index (χ3v) is 2.80. The van der Waals surface area contributed by atoms with Crippen LogP contribution < -0.4 is 15.4 Å². The summed E-state index contributed by atoms with van der Waals surface area (Å²) in [5, 5.41) is 0. The molecule has 0 bridgehead atoms. The third-order valence-electron chi connectivity index (χ3n) is 2.80. The minimum Gasteiger partial charge on any atom is -0.497 e. The number of amides is 1. The molecule has 1 saturated heterocycles. The number of anilines is 1. The topological polar surface area (TPSA) is 55.6 Å². The van der Waals surface area contributed by atoms with E-state index in [4.69, 9.17) is 10.5 Å². The van der Waals surface area contributed by atoms with Crippen molar-refractivity contribution in [2.75, 3.05) is 12.0 Å².